The number of carbonyl (C=O) groups is 3. The third-order valence-electron chi connectivity index (χ3n) is 7.37. The van der Waals surface area contributed by atoms with E-state index in [9.17, 15) is 19.5 Å². The second-order valence-corrected chi connectivity index (χ2v) is 11.1. The van der Waals surface area contributed by atoms with E-state index >= 15 is 0 Å². The Morgan fingerprint density at radius 2 is 1.70 bits per heavy atom. The number of amides is 3. The molecule has 8 nitrogen and oxygen atoms in total. The molecule has 2 aromatic rings. The van der Waals surface area contributed by atoms with Crippen LogP contribution in [0.2, 0.25) is 5.02 Å². The number of hydrogen-bond donors (Lipinski definition) is 4. The number of carbonyl (C=O) groups excluding carboxylic acids is 3. The second kappa shape index (κ2) is 16.9. The first-order valence-corrected chi connectivity index (χ1v) is 14.6. The van der Waals surface area contributed by atoms with Gasteiger partial charge >= 0.3 is 6.09 Å². The van der Waals surface area contributed by atoms with E-state index in [0.29, 0.717) is 23.9 Å². The number of rotatable bonds is 14. The summed E-state index contributed by atoms with van der Waals surface area (Å²) < 4.78 is 5.36. The van der Waals surface area contributed by atoms with E-state index < -0.39 is 24.1 Å². The van der Waals surface area contributed by atoms with Crippen molar-refractivity contribution in [1.29, 1.82) is 0 Å². The van der Waals surface area contributed by atoms with Crippen LogP contribution in [-0.4, -0.2) is 48.2 Å². The molecule has 0 saturated heterocycles. The molecule has 0 heterocycles. The van der Waals surface area contributed by atoms with Crippen LogP contribution in [0.1, 0.15) is 63.0 Å². The van der Waals surface area contributed by atoms with Gasteiger partial charge < -0.3 is 25.8 Å². The zero-order chi connectivity index (χ0) is 28.7. The predicted molar refractivity (Wildman–Crippen MR) is 156 cm³/mol. The predicted octanol–water partition coefficient (Wildman–Crippen LogP) is 4.77. The van der Waals surface area contributed by atoms with E-state index in [4.69, 9.17) is 16.3 Å². The lowest BCUT2D eigenvalue weighted by Gasteiger charge is -2.28. The van der Waals surface area contributed by atoms with Crippen molar-refractivity contribution in [3.05, 3.63) is 70.7 Å². The molecule has 4 N–H and O–H groups in total. The summed E-state index contributed by atoms with van der Waals surface area (Å²) in [6, 6.07) is 15.5. The van der Waals surface area contributed by atoms with Crippen LogP contribution < -0.4 is 16.0 Å². The van der Waals surface area contributed by atoms with Gasteiger partial charge in [0.15, 0.2) is 0 Å². The molecule has 0 aliphatic heterocycles. The molecular weight excluding hydrogens is 530 g/mol. The summed E-state index contributed by atoms with van der Waals surface area (Å²) in [4.78, 5) is 38.6. The van der Waals surface area contributed by atoms with Crippen molar-refractivity contribution in [2.45, 2.75) is 77.0 Å². The first-order valence-electron chi connectivity index (χ1n) is 14.2. The largest absolute Gasteiger partial charge is 0.445 e. The quantitative estimate of drug-likeness (QED) is 0.261. The van der Waals surface area contributed by atoms with Gasteiger partial charge in [-0.05, 0) is 48.4 Å². The molecule has 1 aliphatic rings. The average molecular weight is 572 g/mol. The van der Waals surface area contributed by atoms with Crippen LogP contribution >= 0.6 is 11.6 Å². The summed E-state index contributed by atoms with van der Waals surface area (Å²) in [6.07, 6.45) is 6.20. The van der Waals surface area contributed by atoms with Crippen molar-refractivity contribution in [3.8, 4) is 0 Å². The Kier molecular flexibility index (Phi) is 13.3. The van der Waals surface area contributed by atoms with E-state index in [1.807, 2.05) is 30.3 Å². The summed E-state index contributed by atoms with van der Waals surface area (Å²) in [5.74, 6) is -0.619. The molecule has 0 bridgehead atoms. The summed E-state index contributed by atoms with van der Waals surface area (Å²) in [5, 5.41) is 19.0. The highest BCUT2D eigenvalue weighted by molar-refractivity contribution is 6.30. The number of benzene rings is 2. The van der Waals surface area contributed by atoms with Gasteiger partial charge in [0.25, 0.3) is 0 Å². The highest BCUT2D eigenvalue weighted by Gasteiger charge is 2.29. The molecule has 1 unspecified atom stereocenters. The van der Waals surface area contributed by atoms with Crippen molar-refractivity contribution in [1.82, 2.24) is 16.0 Å². The van der Waals surface area contributed by atoms with Crippen molar-refractivity contribution >= 4 is 29.5 Å². The summed E-state index contributed by atoms with van der Waals surface area (Å²) in [6.45, 7) is 1.99. The smallest absolute Gasteiger partial charge is 0.408 e. The minimum absolute atomic E-state index is 0.0281. The maximum absolute atomic E-state index is 13.3. The van der Waals surface area contributed by atoms with Gasteiger partial charge in [-0.25, -0.2) is 4.79 Å². The molecule has 218 valence electrons. The van der Waals surface area contributed by atoms with Crippen LogP contribution in [0.3, 0.4) is 0 Å². The molecule has 0 spiro atoms. The molecular formula is C31H42ClN3O5. The maximum atomic E-state index is 13.3. The Bertz CT molecular complexity index is 1080. The number of hydrogen-bond acceptors (Lipinski definition) is 5. The third-order valence-corrected chi connectivity index (χ3v) is 7.60. The van der Waals surface area contributed by atoms with Crippen molar-refractivity contribution in [3.63, 3.8) is 0 Å². The number of nitrogens with one attached hydrogen (secondary N) is 3. The van der Waals surface area contributed by atoms with Crippen LogP contribution in [-0.2, 0) is 27.4 Å². The number of ether oxygens (including phenoxy) is 1. The number of aliphatic hydroxyl groups is 1. The monoisotopic (exact) mass is 571 g/mol. The Morgan fingerprint density at radius 3 is 2.40 bits per heavy atom. The molecule has 40 heavy (non-hydrogen) atoms. The minimum atomic E-state index is -0.806. The number of alkyl carbamates (subject to hydrolysis) is 1. The fraction of sp³-hybridized carbons (Fsp3) is 0.516. The normalized spacial score (nSPS) is 15.9. The summed E-state index contributed by atoms with van der Waals surface area (Å²) in [7, 11) is 0. The van der Waals surface area contributed by atoms with Gasteiger partial charge in [0, 0.05) is 17.5 Å². The van der Waals surface area contributed by atoms with Gasteiger partial charge in [-0.2, -0.15) is 0 Å². The minimum Gasteiger partial charge on any atom is -0.445 e. The topological polar surface area (TPSA) is 117 Å². The molecule has 0 radical (unpaired) electrons. The number of aliphatic hydroxyl groups excluding tert-OH is 1. The Hall–Kier alpha value is -3.10. The van der Waals surface area contributed by atoms with Gasteiger partial charge in [-0.1, -0.05) is 93.1 Å². The lowest BCUT2D eigenvalue weighted by Crippen LogP contribution is -2.52. The zero-order valence-corrected chi connectivity index (χ0v) is 24.0. The molecule has 9 heteroatoms. The maximum Gasteiger partial charge on any atom is 0.408 e. The van der Waals surface area contributed by atoms with Gasteiger partial charge in [0.2, 0.25) is 11.8 Å². The fourth-order valence-corrected chi connectivity index (χ4v) is 5.32. The second-order valence-electron chi connectivity index (χ2n) is 10.7. The van der Waals surface area contributed by atoms with E-state index in [2.05, 4.69) is 16.0 Å². The highest BCUT2D eigenvalue weighted by atomic mass is 35.5. The molecule has 1 aliphatic carbocycles. The third kappa shape index (κ3) is 11.2. The summed E-state index contributed by atoms with van der Waals surface area (Å²) in [5.41, 5.74) is 1.88. The molecule has 3 amide bonds. The molecule has 3 rings (SSSR count). The fourth-order valence-electron chi connectivity index (χ4n) is 5.11. The van der Waals surface area contributed by atoms with Crippen molar-refractivity contribution in [2.24, 2.45) is 11.8 Å². The van der Waals surface area contributed by atoms with Gasteiger partial charge in [0.1, 0.15) is 12.6 Å². The lowest BCUT2D eigenvalue weighted by atomic mass is 9.84. The van der Waals surface area contributed by atoms with Crippen LogP contribution in [0.5, 0.6) is 0 Å². The van der Waals surface area contributed by atoms with E-state index in [1.54, 1.807) is 31.2 Å². The van der Waals surface area contributed by atoms with Gasteiger partial charge in [-0.3, -0.25) is 9.59 Å². The average Bonchev–Trinajstić information content (AvgIpc) is 2.96. The van der Waals surface area contributed by atoms with Crippen LogP contribution in [0, 0.1) is 11.8 Å². The molecule has 1 saturated carbocycles. The first kappa shape index (κ1) is 31.4. The molecule has 1 fully saturated rings. The Morgan fingerprint density at radius 1 is 0.975 bits per heavy atom. The lowest BCUT2D eigenvalue weighted by molar-refractivity contribution is -0.127. The van der Waals surface area contributed by atoms with Gasteiger partial charge in [-0.15, -0.1) is 0 Å². The van der Waals surface area contributed by atoms with Crippen LogP contribution in [0.25, 0.3) is 0 Å². The standard InChI is InChI=1S/C31H42ClN3O5/c1-22(29(37)33-16-15-23-9-4-2-5-10-23)17-27(20-36)34-30(38)28(19-24-11-6-3-7-12-24)35-31(39)40-21-25-13-8-14-26(32)18-25/h2,4-5,8-10,13-14,18,22,24,27-28,36H,3,6-7,11-12,15-17,19-21H2,1H3,(H,33,37)(H,34,38)(H,35,39)/t22?,27-,28-/m0/s1. The molecule has 0 aromatic heterocycles. The van der Waals surface area contributed by atoms with Crippen LogP contribution in [0.4, 0.5) is 4.79 Å². The highest BCUT2D eigenvalue weighted by Crippen LogP contribution is 2.27. The summed E-state index contributed by atoms with van der Waals surface area (Å²) >= 11 is 6.01. The van der Waals surface area contributed by atoms with Crippen LogP contribution in [0.15, 0.2) is 54.6 Å². The van der Waals surface area contributed by atoms with E-state index in [1.165, 1.54) is 6.42 Å². The molecule has 3 atom stereocenters. The SMILES string of the molecule is CC(C[C@@H](CO)NC(=O)[C@H](CC1CCCCC1)NC(=O)OCc1cccc(Cl)c1)C(=O)NCCc1ccccc1. The zero-order valence-electron chi connectivity index (χ0n) is 23.2. The first-order chi connectivity index (χ1) is 19.3. The Balaban J connectivity index is 1.52. The van der Waals surface area contributed by atoms with Gasteiger partial charge in [0.05, 0.1) is 12.6 Å². The van der Waals surface area contributed by atoms with Crippen molar-refractivity contribution in [2.75, 3.05) is 13.2 Å². The van der Waals surface area contributed by atoms with Crippen molar-refractivity contribution < 1.29 is 24.2 Å². The van der Waals surface area contributed by atoms with E-state index in [-0.39, 0.29) is 31.4 Å². The molecule has 2 aromatic carbocycles. The number of halogens is 1. The Labute approximate surface area is 242 Å². The van der Waals surface area contributed by atoms with E-state index in [0.717, 1.165) is 43.2 Å².